The molecule has 0 aliphatic heterocycles. The minimum Gasteiger partial charge on any atom is -0.907 e. The van der Waals surface area contributed by atoms with Crippen molar-refractivity contribution in [3.63, 3.8) is 0 Å². The van der Waals surface area contributed by atoms with Crippen LogP contribution in [0.5, 0.6) is 0 Å². The molecule has 44 valence electrons. The molecule has 0 aromatic rings. The summed E-state index contributed by atoms with van der Waals surface area (Å²) in [5.41, 5.74) is 0. The summed E-state index contributed by atoms with van der Waals surface area (Å²) in [5, 5.41) is 25.2. The average molecular weight is 196 g/mol. The second-order valence-electron chi connectivity index (χ2n) is 0.758. The van der Waals surface area contributed by atoms with E-state index in [-0.39, 0.29) is 0 Å². The minimum absolute atomic E-state index is 1.94. The van der Waals surface area contributed by atoms with Crippen molar-refractivity contribution in [1.82, 2.24) is 0 Å². The van der Waals surface area contributed by atoms with E-state index < -0.39 is 7.32 Å². The molecule has 0 saturated heterocycles. The average Bonchev–Trinajstić information content (AvgIpc) is 1.65. The van der Waals surface area contributed by atoms with Gasteiger partial charge in [-0.3, -0.25) is 7.32 Å². The smallest absolute Gasteiger partial charge is 0.278 e. The zero-order chi connectivity index (χ0) is 6.99. The molecule has 0 atom stereocenters. The molecule has 3 nitrogen and oxygen atoms in total. The fourth-order valence-electron chi connectivity index (χ4n) is 0. The number of rotatable bonds is 0. The molecule has 0 aromatic carbocycles. The Morgan fingerprint density at radius 2 is 1.50 bits per heavy atom. The summed E-state index contributed by atoms with van der Waals surface area (Å²) in [5.74, 6) is 0. The predicted octanol–water partition coefficient (Wildman–Crippen LogP) is -2.88. The van der Waals surface area contributed by atoms with Crippen LogP contribution >= 0.6 is 0 Å². The fourth-order valence-corrected chi connectivity index (χ4v) is 0. The molecule has 0 heterocycles. The van der Waals surface area contributed by atoms with Crippen molar-refractivity contribution in [2.75, 3.05) is 0 Å². The van der Waals surface area contributed by atoms with Gasteiger partial charge in [0.25, 0.3) is 0 Å². The molecule has 0 radical (unpaired) electrons. The Morgan fingerprint density at radius 1 is 1.38 bits per heavy atom. The summed E-state index contributed by atoms with van der Waals surface area (Å²) in [4.78, 5) is 0. The number of hydrogen-bond donors (Lipinski definition) is 0. The van der Waals surface area contributed by atoms with Crippen LogP contribution in [0.3, 0.4) is 0 Å². The molecule has 0 fully saturated rings. The van der Waals surface area contributed by atoms with E-state index in [9.17, 15) is 0 Å². The van der Waals surface area contributed by atoms with Crippen molar-refractivity contribution in [3.05, 3.63) is 10.5 Å². The van der Waals surface area contributed by atoms with Gasteiger partial charge < -0.3 is 15.1 Å². The maximum Gasteiger partial charge on any atom is -0.278 e. The first kappa shape index (κ1) is 11.2. The van der Waals surface area contributed by atoms with Crippen LogP contribution < -0.4 is 15.1 Å². The van der Waals surface area contributed by atoms with Crippen molar-refractivity contribution >= 4 is 7.32 Å². The molecule has 8 heavy (non-hydrogen) atoms. The zero-order valence-electron chi connectivity index (χ0n) is 4.37. The summed E-state index contributed by atoms with van der Waals surface area (Å²) in [6, 6.07) is 0. The molecular formula is C3H5BMoO3. The van der Waals surface area contributed by atoms with Crippen molar-refractivity contribution < 1.29 is 34.9 Å². The summed E-state index contributed by atoms with van der Waals surface area (Å²) >= 11 is 1.94. The number of allylic oxidation sites excluding steroid dienone is 1. The first-order valence-electron chi connectivity index (χ1n) is 1.85. The van der Waals surface area contributed by atoms with E-state index in [0.29, 0.717) is 0 Å². The van der Waals surface area contributed by atoms with E-state index in [4.69, 9.17) is 15.1 Å². The summed E-state index contributed by atoms with van der Waals surface area (Å²) in [6.07, 6.45) is 2.00. The first-order valence-corrected chi connectivity index (χ1v) is 3.01. The van der Waals surface area contributed by atoms with Gasteiger partial charge in [-0.25, -0.2) is 0 Å². The molecular weight excluding hydrogens is 191 g/mol. The Hall–Kier alpha value is 0.373. The summed E-state index contributed by atoms with van der Waals surface area (Å²) in [7, 11) is -2.92. The van der Waals surface area contributed by atoms with Gasteiger partial charge in [0.1, 0.15) is 0 Å². The second kappa shape index (κ2) is 10.4. The molecule has 5 heteroatoms. The third-order valence-corrected chi connectivity index (χ3v) is 0.805. The third kappa shape index (κ3) is 97.6. The van der Waals surface area contributed by atoms with Crippen LogP contribution in [-0.2, 0) is 19.8 Å². The molecule has 0 saturated carbocycles. The van der Waals surface area contributed by atoms with Crippen LogP contribution in [0.25, 0.3) is 0 Å². The van der Waals surface area contributed by atoms with Crippen molar-refractivity contribution in [2.24, 2.45) is 0 Å². The molecule has 0 amide bonds. The molecule has 0 aliphatic carbocycles. The normalized spacial score (nSPS) is 7.88. The van der Waals surface area contributed by atoms with E-state index in [1.165, 1.54) is 0 Å². The van der Waals surface area contributed by atoms with Gasteiger partial charge in [-0.15, -0.1) is 0 Å². The first-order chi connectivity index (χ1) is 3.65. The summed E-state index contributed by atoms with van der Waals surface area (Å²) < 4.78 is 2.01. The fraction of sp³-hybridized carbons (Fsp3) is 0.333. The standard InChI is InChI=1S/C3H5.BO3.Mo/c1-3-2;2-1(3)4;/h1,3H,2H3;;/q;-3;+3. The van der Waals surface area contributed by atoms with Crippen LogP contribution in [-0.4, -0.2) is 7.32 Å². The van der Waals surface area contributed by atoms with Gasteiger partial charge in [0.2, 0.25) is 0 Å². The molecule has 0 spiro atoms. The maximum absolute atomic E-state index is 8.42. The largest absolute Gasteiger partial charge is 0.907 e. The molecule has 0 N–H and O–H groups in total. The van der Waals surface area contributed by atoms with Gasteiger partial charge in [-0.2, -0.15) is 0 Å². The Balaban J connectivity index is 0. The Bertz CT molecular complexity index is 49.7. The topological polar surface area (TPSA) is 69.2 Å². The van der Waals surface area contributed by atoms with E-state index in [2.05, 4.69) is 0 Å². The Labute approximate surface area is 60.1 Å². The van der Waals surface area contributed by atoms with Crippen molar-refractivity contribution in [3.8, 4) is 0 Å². The van der Waals surface area contributed by atoms with Crippen LogP contribution in [0, 0.1) is 0 Å². The SMILES string of the molecule is C/C=[CH]\[Mo+3].[O-]B([O-])[O-]. The van der Waals surface area contributed by atoms with Crippen LogP contribution in [0.2, 0.25) is 0 Å². The van der Waals surface area contributed by atoms with E-state index in [1.807, 2.05) is 37.3 Å². The third-order valence-electron chi connectivity index (χ3n) is 0.136. The monoisotopic (exact) mass is 198 g/mol. The van der Waals surface area contributed by atoms with Gasteiger partial charge in [-0.05, 0) is 0 Å². The number of hydrogen-bond acceptors (Lipinski definition) is 3. The second-order valence-corrected chi connectivity index (χ2v) is 1.43. The quantitative estimate of drug-likeness (QED) is 0.390. The van der Waals surface area contributed by atoms with Gasteiger partial charge in [-0.1, -0.05) is 0 Å². The predicted molar refractivity (Wildman–Crippen MR) is 20.6 cm³/mol. The molecule has 0 aromatic heterocycles. The van der Waals surface area contributed by atoms with Gasteiger partial charge >= 0.3 is 37.3 Å². The van der Waals surface area contributed by atoms with E-state index >= 15 is 0 Å². The van der Waals surface area contributed by atoms with Gasteiger partial charge in [0.05, 0.1) is 0 Å². The van der Waals surface area contributed by atoms with Crippen molar-refractivity contribution in [2.45, 2.75) is 6.92 Å². The van der Waals surface area contributed by atoms with Crippen LogP contribution in [0.1, 0.15) is 6.92 Å². The van der Waals surface area contributed by atoms with E-state index in [1.54, 1.807) is 0 Å². The van der Waals surface area contributed by atoms with Crippen molar-refractivity contribution in [1.29, 1.82) is 0 Å². The van der Waals surface area contributed by atoms with Crippen LogP contribution in [0.4, 0.5) is 0 Å². The van der Waals surface area contributed by atoms with Crippen LogP contribution in [0.15, 0.2) is 10.5 Å². The van der Waals surface area contributed by atoms with Gasteiger partial charge in [0, 0.05) is 0 Å². The summed E-state index contributed by atoms with van der Waals surface area (Å²) in [6.45, 7) is 2.00. The molecule has 0 bridgehead atoms. The van der Waals surface area contributed by atoms with E-state index in [0.717, 1.165) is 0 Å². The molecule has 0 aliphatic rings. The molecule has 0 unspecified atom stereocenters. The Morgan fingerprint density at radius 3 is 1.50 bits per heavy atom. The zero-order valence-corrected chi connectivity index (χ0v) is 6.37. The molecule has 0 rings (SSSR count). The maximum atomic E-state index is 8.42. The Kier molecular flexibility index (Phi) is 14.5. The van der Waals surface area contributed by atoms with Gasteiger partial charge in [0.15, 0.2) is 0 Å². The minimum atomic E-state index is -2.92.